The van der Waals surface area contributed by atoms with Gasteiger partial charge in [0.25, 0.3) is 0 Å². The summed E-state index contributed by atoms with van der Waals surface area (Å²) >= 11 is 8.88. The van der Waals surface area contributed by atoms with Gasteiger partial charge in [0.2, 0.25) is 0 Å². The van der Waals surface area contributed by atoms with Crippen molar-refractivity contribution in [3.63, 3.8) is 0 Å². The number of likely N-dealkylation sites (N-methyl/N-ethyl adjacent to an activating group) is 1. The molecule has 2 N–H and O–H groups in total. The highest BCUT2D eigenvalue weighted by Crippen LogP contribution is 2.28. The zero-order valence-electron chi connectivity index (χ0n) is 11.4. The minimum absolute atomic E-state index is 0.249. The third kappa shape index (κ3) is 4.15. The highest BCUT2D eigenvalue weighted by atomic mass is 79.9. The Hall–Kier alpha value is -0.200. The van der Waals surface area contributed by atoms with Crippen LogP contribution in [0.2, 0.25) is 0 Å². The molecule has 1 atom stereocenters. The molecule has 0 radical (unpaired) electrons. The molecular weight excluding hydrogens is 400 g/mol. The SMILES string of the molecule is CN(CCc1cccs1)C(CN)c1ccc(Br)c(Br)c1. The van der Waals surface area contributed by atoms with Crippen molar-refractivity contribution in [2.75, 3.05) is 20.1 Å². The van der Waals surface area contributed by atoms with Gasteiger partial charge in [0.05, 0.1) is 0 Å². The first-order valence-corrected chi connectivity index (χ1v) is 8.96. The standard InChI is InChI=1S/C15H18Br2N2S/c1-19(7-6-12-3-2-8-20-12)15(10-18)11-4-5-13(16)14(17)9-11/h2-5,8-9,15H,6-7,10,18H2,1H3. The van der Waals surface area contributed by atoms with E-state index in [0.717, 1.165) is 21.9 Å². The summed E-state index contributed by atoms with van der Waals surface area (Å²) < 4.78 is 2.14. The maximum absolute atomic E-state index is 5.98. The van der Waals surface area contributed by atoms with Crippen molar-refractivity contribution >= 4 is 43.2 Å². The van der Waals surface area contributed by atoms with Gasteiger partial charge in [-0.3, -0.25) is 4.90 Å². The molecule has 0 aliphatic heterocycles. The van der Waals surface area contributed by atoms with Crippen LogP contribution in [0.3, 0.4) is 0 Å². The average Bonchev–Trinajstić information content (AvgIpc) is 2.94. The fraction of sp³-hybridized carbons (Fsp3) is 0.333. The Labute approximate surface area is 141 Å². The summed E-state index contributed by atoms with van der Waals surface area (Å²) in [5.74, 6) is 0. The third-order valence-corrected chi connectivity index (χ3v) is 6.19. The Morgan fingerprint density at radius 1 is 1.25 bits per heavy atom. The average molecular weight is 418 g/mol. The third-order valence-electron chi connectivity index (χ3n) is 3.37. The van der Waals surface area contributed by atoms with Crippen molar-refractivity contribution < 1.29 is 0 Å². The zero-order valence-corrected chi connectivity index (χ0v) is 15.3. The Balaban J connectivity index is 2.04. The molecule has 0 bridgehead atoms. The van der Waals surface area contributed by atoms with Crippen LogP contribution in [0.4, 0.5) is 0 Å². The summed E-state index contributed by atoms with van der Waals surface area (Å²) in [5, 5.41) is 2.13. The monoisotopic (exact) mass is 416 g/mol. The second-order valence-electron chi connectivity index (χ2n) is 4.74. The number of halogens is 2. The highest BCUT2D eigenvalue weighted by molar-refractivity contribution is 9.13. The molecule has 0 spiro atoms. The molecule has 0 amide bonds. The molecule has 0 fully saturated rings. The van der Waals surface area contributed by atoms with Gasteiger partial charge in [-0.2, -0.15) is 0 Å². The largest absolute Gasteiger partial charge is 0.329 e. The summed E-state index contributed by atoms with van der Waals surface area (Å²) in [7, 11) is 2.14. The molecule has 2 aromatic rings. The lowest BCUT2D eigenvalue weighted by atomic mass is 10.1. The summed E-state index contributed by atoms with van der Waals surface area (Å²) in [6.07, 6.45) is 1.07. The van der Waals surface area contributed by atoms with Crippen molar-refractivity contribution in [1.29, 1.82) is 0 Å². The van der Waals surface area contributed by atoms with Gasteiger partial charge in [-0.25, -0.2) is 0 Å². The van der Waals surface area contributed by atoms with E-state index in [1.165, 1.54) is 10.4 Å². The van der Waals surface area contributed by atoms with Crippen molar-refractivity contribution in [2.45, 2.75) is 12.5 Å². The van der Waals surface area contributed by atoms with Gasteiger partial charge >= 0.3 is 0 Å². The van der Waals surface area contributed by atoms with Crippen LogP contribution in [0.1, 0.15) is 16.5 Å². The van der Waals surface area contributed by atoms with Crippen LogP contribution in [0.15, 0.2) is 44.7 Å². The van der Waals surface area contributed by atoms with E-state index in [0.29, 0.717) is 6.54 Å². The van der Waals surface area contributed by atoms with E-state index >= 15 is 0 Å². The maximum Gasteiger partial charge on any atom is 0.0467 e. The lowest BCUT2D eigenvalue weighted by molar-refractivity contribution is 0.253. The van der Waals surface area contributed by atoms with Gasteiger partial charge in [-0.05, 0) is 74.5 Å². The first kappa shape index (κ1) is 16.2. The molecule has 2 rings (SSSR count). The molecular formula is C15H18Br2N2S. The second kappa shape index (κ2) is 7.71. The quantitative estimate of drug-likeness (QED) is 0.752. The lowest BCUT2D eigenvalue weighted by Crippen LogP contribution is -2.32. The minimum atomic E-state index is 0.249. The van der Waals surface area contributed by atoms with E-state index < -0.39 is 0 Å². The number of hydrogen-bond acceptors (Lipinski definition) is 3. The van der Waals surface area contributed by atoms with Crippen molar-refractivity contribution in [3.05, 3.63) is 55.1 Å². The molecule has 20 heavy (non-hydrogen) atoms. The molecule has 1 aromatic heterocycles. The maximum atomic E-state index is 5.98. The number of rotatable bonds is 6. The summed E-state index contributed by atoms with van der Waals surface area (Å²) in [6, 6.07) is 10.9. The first-order valence-electron chi connectivity index (χ1n) is 6.49. The fourth-order valence-corrected chi connectivity index (χ4v) is 3.53. The molecule has 2 nitrogen and oxygen atoms in total. The molecule has 1 aromatic carbocycles. The van der Waals surface area contributed by atoms with Crippen molar-refractivity contribution in [2.24, 2.45) is 5.73 Å². The number of benzene rings is 1. The van der Waals surface area contributed by atoms with Crippen LogP contribution < -0.4 is 5.73 Å². The van der Waals surface area contributed by atoms with Gasteiger partial charge in [0, 0.05) is 33.0 Å². The molecule has 0 aliphatic rings. The van der Waals surface area contributed by atoms with Gasteiger partial charge in [-0.15, -0.1) is 11.3 Å². The highest BCUT2D eigenvalue weighted by Gasteiger charge is 2.16. The van der Waals surface area contributed by atoms with Gasteiger partial charge in [-0.1, -0.05) is 12.1 Å². The Bertz CT molecular complexity index is 543. The van der Waals surface area contributed by atoms with Crippen LogP contribution in [0.5, 0.6) is 0 Å². The second-order valence-corrected chi connectivity index (χ2v) is 7.48. The van der Waals surface area contributed by atoms with Crippen LogP contribution in [-0.2, 0) is 6.42 Å². The first-order chi connectivity index (χ1) is 9.61. The summed E-state index contributed by atoms with van der Waals surface area (Å²) in [4.78, 5) is 3.75. The van der Waals surface area contributed by atoms with Crippen LogP contribution >= 0.6 is 43.2 Å². The molecule has 0 aliphatic carbocycles. The van der Waals surface area contributed by atoms with Crippen molar-refractivity contribution in [1.82, 2.24) is 4.90 Å². The Kier molecular flexibility index (Phi) is 6.23. The molecule has 1 heterocycles. The van der Waals surface area contributed by atoms with E-state index in [1.807, 2.05) is 11.3 Å². The predicted octanol–water partition coefficient (Wildman–Crippen LogP) is 4.45. The molecule has 108 valence electrons. The van der Waals surface area contributed by atoms with E-state index in [9.17, 15) is 0 Å². The van der Waals surface area contributed by atoms with Gasteiger partial charge < -0.3 is 5.73 Å². The number of nitrogens with zero attached hydrogens (tertiary/aromatic N) is 1. The van der Waals surface area contributed by atoms with Crippen LogP contribution in [0.25, 0.3) is 0 Å². The van der Waals surface area contributed by atoms with Crippen LogP contribution in [0, 0.1) is 0 Å². The zero-order chi connectivity index (χ0) is 14.5. The normalized spacial score (nSPS) is 12.8. The van der Waals surface area contributed by atoms with E-state index in [-0.39, 0.29) is 6.04 Å². The molecule has 0 saturated heterocycles. The number of hydrogen-bond donors (Lipinski definition) is 1. The summed E-state index contributed by atoms with van der Waals surface area (Å²) in [6.45, 7) is 1.63. The van der Waals surface area contributed by atoms with Crippen molar-refractivity contribution in [3.8, 4) is 0 Å². The Morgan fingerprint density at radius 3 is 2.65 bits per heavy atom. The minimum Gasteiger partial charge on any atom is -0.329 e. The predicted molar refractivity (Wildman–Crippen MR) is 94.3 cm³/mol. The van der Waals surface area contributed by atoms with E-state index in [1.54, 1.807) is 0 Å². The molecule has 0 saturated carbocycles. The molecule has 1 unspecified atom stereocenters. The molecule has 5 heteroatoms. The van der Waals surface area contributed by atoms with Crippen LogP contribution in [-0.4, -0.2) is 25.0 Å². The number of nitrogens with two attached hydrogens (primary N) is 1. The summed E-state index contributed by atoms with van der Waals surface area (Å²) in [5.41, 5.74) is 7.22. The van der Waals surface area contributed by atoms with Gasteiger partial charge in [0.1, 0.15) is 0 Å². The smallest absolute Gasteiger partial charge is 0.0467 e. The van der Waals surface area contributed by atoms with E-state index in [4.69, 9.17) is 5.73 Å². The van der Waals surface area contributed by atoms with Gasteiger partial charge in [0.15, 0.2) is 0 Å². The number of thiophene rings is 1. The Morgan fingerprint density at radius 2 is 2.05 bits per heavy atom. The topological polar surface area (TPSA) is 29.3 Å². The lowest BCUT2D eigenvalue weighted by Gasteiger charge is -2.27. The van der Waals surface area contributed by atoms with E-state index in [2.05, 4.69) is 79.5 Å². The fourth-order valence-electron chi connectivity index (χ4n) is 2.19.